The molecular weight excluding hydrogens is 298 g/mol. The number of halogens is 1. The molecule has 0 amide bonds. The molecule has 1 aromatic carbocycles. The summed E-state index contributed by atoms with van der Waals surface area (Å²) in [5, 5.41) is 13.2. The molecule has 0 spiro atoms. The van der Waals surface area contributed by atoms with E-state index in [4.69, 9.17) is 9.47 Å². The quantitative estimate of drug-likeness (QED) is 0.845. The van der Waals surface area contributed by atoms with E-state index in [0.717, 1.165) is 22.0 Å². The average Bonchev–Trinajstić information content (AvgIpc) is 2.37. The number of methoxy groups -OCH3 is 2. The Balaban J connectivity index is 3.40. The lowest BCUT2D eigenvalue weighted by atomic mass is 9.98. The van der Waals surface area contributed by atoms with Crippen molar-refractivity contribution in [3.05, 3.63) is 21.7 Å². The smallest absolute Gasteiger partial charge is 0.164 e. The molecule has 18 heavy (non-hydrogen) atoms. The van der Waals surface area contributed by atoms with Crippen LogP contribution in [-0.4, -0.2) is 32.9 Å². The summed E-state index contributed by atoms with van der Waals surface area (Å²) >= 11 is 3.49. The first kappa shape index (κ1) is 15.3. The molecule has 2 N–H and O–H groups in total. The highest BCUT2D eigenvalue weighted by Gasteiger charge is 2.21. The number of likely N-dealkylation sites (N-methyl/N-ethyl adjacent to an activating group) is 1. The predicted octanol–water partition coefficient (Wildman–Crippen LogP) is 2.28. The van der Waals surface area contributed by atoms with Crippen LogP contribution in [0.3, 0.4) is 0 Å². The Labute approximate surface area is 116 Å². The summed E-state index contributed by atoms with van der Waals surface area (Å²) in [6.07, 6.45) is 0.175. The van der Waals surface area contributed by atoms with Gasteiger partial charge in [0.05, 0.1) is 20.3 Å². The van der Waals surface area contributed by atoms with Gasteiger partial charge in [-0.15, -0.1) is 0 Å². The Morgan fingerprint density at radius 2 is 2.06 bits per heavy atom. The van der Waals surface area contributed by atoms with E-state index in [0.29, 0.717) is 18.0 Å². The zero-order valence-corrected chi connectivity index (χ0v) is 12.8. The molecule has 0 saturated heterocycles. The van der Waals surface area contributed by atoms with Crippen LogP contribution in [-0.2, 0) is 6.42 Å². The number of aliphatic hydroxyl groups excluding tert-OH is 1. The van der Waals surface area contributed by atoms with Gasteiger partial charge in [-0.3, -0.25) is 0 Å². The lowest BCUT2D eigenvalue weighted by molar-refractivity contribution is 0.175. The molecule has 4 nitrogen and oxygen atoms in total. The molecule has 102 valence electrons. The van der Waals surface area contributed by atoms with Crippen LogP contribution in [0.2, 0.25) is 0 Å². The third-order valence-electron chi connectivity index (χ3n) is 2.85. The molecule has 0 bridgehead atoms. The van der Waals surface area contributed by atoms with Crippen molar-refractivity contribution in [1.82, 2.24) is 5.32 Å². The number of ether oxygens (including phenoxy) is 2. The molecule has 0 aromatic heterocycles. The Morgan fingerprint density at radius 3 is 2.50 bits per heavy atom. The minimum Gasteiger partial charge on any atom is -0.493 e. The highest BCUT2D eigenvalue weighted by Crippen LogP contribution is 2.41. The van der Waals surface area contributed by atoms with Crippen molar-refractivity contribution < 1.29 is 14.6 Å². The van der Waals surface area contributed by atoms with Crippen molar-refractivity contribution in [2.24, 2.45) is 0 Å². The lowest BCUT2D eigenvalue weighted by Crippen LogP contribution is -2.18. The van der Waals surface area contributed by atoms with Gasteiger partial charge in [-0.1, -0.05) is 22.9 Å². The van der Waals surface area contributed by atoms with Gasteiger partial charge in [-0.2, -0.15) is 0 Å². The van der Waals surface area contributed by atoms with Crippen molar-refractivity contribution in [3.8, 4) is 11.5 Å². The summed E-state index contributed by atoms with van der Waals surface area (Å²) in [5.74, 6) is 1.36. The molecule has 0 radical (unpaired) electrons. The Kier molecular flexibility index (Phi) is 5.91. The van der Waals surface area contributed by atoms with Crippen LogP contribution in [0.25, 0.3) is 0 Å². The molecular formula is C13H20BrNO3. The van der Waals surface area contributed by atoms with Gasteiger partial charge in [0.1, 0.15) is 0 Å². The zero-order chi connectivity index (χ0) is 13.7. The van der Waals surface area contributed by atoms with Crippen LogP contribution in [0.4, 0.5) is 0 Å². The summed E-state index contributed by atoms with van der Waals surface area (Å²) in [7, 11) is 5.02. The lowest BCUT2D eigenvalue weighted by Gasteiger charge is -2.21. The van der Waals surface area contributed by atoms with Crippen molar-refractivity contribution >= 4 is 15.9 Å². The second-order valence-electron chi connectivity index (χ2n) is 3.91. The van der Waals surface area contributed by atoms with E-state index >= 15 is 0 Å². The normalized spacial score (nSPS) is 12.3. The fourth-order valence-electron chi connectivity index (χ4n) is 2.06. The number of aliphatic hydroxyl groups is 1. The Morgan fingerprint density at radius 1 is 1.39 bits per heavy atom. The molecule has 1 unspecified atom stereocenters. The summed E-state index contributed by atoms with van der Waals surface area (Å²) in [4.78, 5) is 0. The van der Waals surface area contributed by atoms with Crippen LogP contribution in [0.1, 0.15) is 24.2 Å². The van der Waals surface area contributed by atoms with E-state index in [-0.39, 0.29) is 0 Å². The van der Waals surface area contributed by atoms with Gasteiger partial charge in [0.2, 0.25) is 0 Å². The van der Waals surface area contributed by atoms with Crippen LogP contribution in [0.5, 0.6) is 11.5 Å². The monoisotopic (exact) mass is 317 g/mol. The third-order valence-corrected chi connectivity index (χ3v) is 3.50. The third kappa shape index (κ3) is 2.96. The highest BCUT2D eigenvalue weighted by molar-refractivity contribution is 9.10. The average molecular weight is 318 g/mol. The van der Waals surface area contributed by atoms with Gasteiger partial charge < -0.3 is 19.9 Å². The second-order valence-corrected chi connectivity index (χ2v) is 4.77. The number of nitrogens with one attached hydrogen (secondary N) is 1. The highest BCUT2D eigenvalue weighted by atomic mass is 79.9. The fourth-order valence-corrected chi connectivity index (χ4v) is 2.77. The molecule has 0 fully saturated rings. The largest absolute Gasteiger partial charge is 0.493 e. The van der Waals surface area contributed by atoms with E-state index in [9.17, 15) is 5.11 Å². The molecule has 1 aromatic rings. The molecule has 0 aliphatic heterocycles. The zero-order valence-electron chi connectivity index (χ0n) is 11.2. The summed E-state index contributed by atoms with van der Waals surface area (Å²) < 4.78 is 11.5. The van der Waals surface area contributed by atoms with E-state index in [1.165, 1.54) is 0 Å². The van der Waals surface area contributed by atoms with Gasteiger partial charge in [0.15, 0.2) is 11.5 Å². The molecule has 0 aliphatic rings. The molecule has 0 heterocycles. The maximum absolute atomic E-state index is 10.2. The van der Waals surface area contributed by atoms with Gasteiger partial charge >= 0.3 is 0 Å². The minimum absolute atomic E-state index is 0.487. The van der Waals surface area contributed by atoms with Gasteiger partial charge in [0.25, 0.3) is 0 Å². The fraction of sp³-hybridized carbons (Fsp3) is 0.538. The maximum Gasteiger partial charge on any atom is 0.164 e. The maximum atomic E-state index is 10.2. The van der Waals surface area contributed by atoms with Crippen molar-refractivity contribution in [1.29, 1.82) is 0 Å². The van der Waals surface area contributed by atoms with Crippen LogP contribution >= 0.6 is 15.9 Å². The first-order valence-corrected chi connectivity index (χ1v) is 6.65. The van der Waals surface area contributed by atoms with Crippen molar-refractivity contribution in [2.75, 3.05) is 27.8 Å². The predicted molar refractivity (Wildman–Crippen MR) is 75.5 cm³/mol. The topological polar surface area (TPSA) is 50.7 Å². The van der Waals surface area contributed by atoms with E-state index < -0.39 is 6.10 Å². The number of benzene rings is 1. The first-order chi connectivity index (χ1) is 8.60. The number of hydrogen-bond acceptors (Lipinski definition) is 4. The standard InChI is InChI=1S/C13H20BrNO3/c1-5-8-12(10(16)7-15-2)9(14)6-11(17-3)13(8)18-4/h6,10,15-16H,5,7H2,1-4H3. The molecule has 0 aliphatic carbocycles. The number of hydrogen-bond donors (Lipinski definition) is 2. The van der Waals surface area contributed by atoms with Crippen molar-refractivity contribution in [2.45, 2.75) is 19.4 Å². The van der Waals surface area contributed by atoms with Crippen LogP contribution < -0.4 is 14.8 Å². The second kappa shape index (κ2) is 6.97. The minimum atomic E-state index is -0.584. The molecule has 1 atom stereocenters. The first-order valence-electron chi connectivity index (χ1n) is 5.86. The van der Waals surface area contributed by atoms with Crippen LogP contribution in [0, 0.1) is 0 Å². The number of rotatable bonds is 6. The van der Waals surface area contributed by atoms with Gasteiger partial charge in [-0.25, -0.2) is 0 Å². The van der Waals surface area contributed by atoms with Gasteiger partial charge in [0, 0.05) is 22.1 Å². The van der Waals surface area contributed by atoms with E-state index in [2.05, 4.69) is 21.2 Å². The summed E-state index contributed by atoms with van der Waals surface area (Å²) in [5.41, 5.74) is 1.82. The molecule has 0 saturated carbocycles. The SMILES string of the molecule is CCc1c(OC)c(OC)cc(Br)c1C(O)CNC. The summed E-state index contributed by atoms with van der Waals surface area (Å²) in [6, 6.07) is 1.83. The van der Waals surface area contributed by atoms with Gasteiger partial charge in [-0.05, 0) is 19.5 Å². The van der Waals surface area contributed by atoms with Crippen molar-refractivity contribution in [3.63, 3.8) is 0 Å². The molecule has 5 heteroatoms. The van der Waals surface area contributed by atoms with E-state index in [1.54, 1.807) is 14.2 Å². The van der Waals surface area contributed by atoms with E-state index in [1.807, 2.05) is 20.0 Å². The Bertz CT molecular complexity index is 410. The summed E-state index contributed by atoms with van der Waals surface area (Å²) in [6.45, 7) is 2.51. The van der Waals surface area contributed by atoms with Crippen LogP contribution in [0.15, 0.2) is 10.5 Å². The Hall–Kier alpha value is -0.780. The molecule has 1 rings (SSSR count).